The molecule has 0 aliphatic heterocycles. The zero-order chi connectivity index (χ0) is 15.9. The lowest BCUT2D eigenvalue weighted by molar-refractivity contribution is 0.0757. The molecule has 0 saturated heterocycles. The quantitative estimate of drug-likeness (QED) is 0.885. The molecule has 2 aromatic carbocycles. The summed E-state index contributed by atoms with van der Waals surface area (Å²) in [4.78, 5) is 14.2. The van der Waals surface area contributed by atoms with Gasteiger partial charge in [-0.05, 0) is 36.6 Å². The van der Waals surface area contributed by atoms with Crippen LogP contribution in [0.4, 0.5) is 4.39 Å². The monoisotopic (exact) mass is 301 g/mol. The molecule has 0 aromatic heterocycles. The standard InChI is InChI=1S/C18H20FNO2/c1-2-11-20(12-10-14-6-4-3-5-7-14)18(22)15-8-9-16(19)17(21)13-15/h3-9,13,21H,2,10-12H2,1H3. The summed E-state index contributed by atoms with van der Waals surface area (Å²) in [6.45, 7) is 3.23. The van der Waals surface area contributed by atoms with Crippen LogP contribution >= 0.6 is 0 Å². The maximum Gasteiger partial charge on any atom is 0.254 e. The minimum Gasteiger partial charge on any atom is -0.505 e. The van der Waals surface area contributed by atoms with Gasteiger partial charge in [0, 0.05) is 18.7 Å². The molecule has 3 nitrogen and oxygen atoms in total. The fourth-order valence-electron chi connectivity index (χ4n) is 2.32. The number of hydrogen-bond donors (Lipinski definition) is 1. The Morgan fingerprint density at radius 2 is 1.86 bits per heavy atom. The Balaban J connectivity index is 2.09. The van der Waals surface area contributed by atoms with Gasteiger partial charge in [-0.1, -0.05) is 37.3 Å². The number of phenolic OH excluding ortho intramolecular Hbond substituents is 1. The van der Waals surface area contributed by atoms with Crippen LogP contribution in [0, 0.1) is 5.82 Å². The summed E-state index contributed by atoms with van der Waals surface area (Å²) in [5, 5.41) is 9.42. The molecule has 22 heavy (non-hydrogen) atoms. The Labute approximate surface area is 130 Å². The first-order chi connectivity index (χ1) is 10.6. The second-order valence-corrected chi connectivity index (χ2v) is 5.19. The first kappa shape index (κ1) is 16.0. The van der Waals surface area contributed by atoms with Crippen molar-refractivity contribution in [3.8, 4) is 5.75 Å². The summed E-state index contributed by atoms with van der Waals surface area (Å²) in [7, 11) is 0. The predicted octanol–water partition coefficient (Wildman–Crippen LogP) is 3.63. The summed E-state index contributed by atoms with van der Waals surface area (Å²) < 4.78 is 13.1. The molecule has 0 atom stereocenters. The third kappa shape index (κ3) is 4.07. The normalized spacial score (nSPS) is 10.5. The Bertz CT molecular complexity index is 628. The van der Waals surface area contributed by atoms with E-state index < -0.39 is 11.6 Å². The lowest BCUT2D eigenvalue weighted by Crippen LogP contribution is -2.33. The molecule has 0 aliphatic carbocycles. The van der Waals surface area contributed by atoms with Gasteiger partial charge < -0.3 is 10.0 Å². The molecule has 0 spiro atoms. The number of carbonyl (C=O) groups is 1. The van der Waals surface area contributed by atoms with E-state index in [1.54, 1.807) is 4.90 Å². The van der Waals surface area contributed by atoms with E-state index in [0.717, 1.165) is 18.9 Å². The fraction of sp³-hybridized carbons (Fsp3) is 0.278. The molecule has 0 radical (unpaired) electrons. The summed E-state index contributed by atoms with van der Waals surface area (Å²) in [5.74, 6) is -1.40. The second-order valence-electron chi connectivity index (χ2n) is 5.19. The molecule has 0 saturated carbocycles. The van der Waals surface area contributed by atoms with Crippen molar-refractivity contribution in [3.63, 3.8) is 0 Å². The van der Waals surface area contributed by atoms with Gasteiger partial charge in [0.1, 0.15) is 0 Å². The molecular formula is C18H20FNO2. The van der Waals surface area contributed by atoms with Crippen LogP contribution in [0.5, 0.6) is 5.75 Å². The molecule has 0 aliphatic rings. The van der Waals surface area contributed by atoms with Crippen molar-refractivity contribution in [1.29, 1.82) is 0 Å². The summed E-state index contributed by atoms with van der Waals surface area (Å²) in [6.07, 6.45) is 1.60. The van der Waals surface area contributed by atoms with Crippen molar-refractivity contribution < 1.29 is 14.3 Å². The third-order valence-corrected chi connectivity index (χ3v) is 3.49. The molecule has 2 aromatic rings. The van der Waals surface area contributed by atoms with Gasteiger partial charge in [-0.2, -0.15) is 0 Å². The van der Waals surface area contributed by atoms with E-state index in [2.05, 4.69) is 0 Å². The minimum atomic E-state index is -0.720. The molecule has 0 fully saturated rings. The number of halogens is 1. The average Bonchev–Trinajstić information content (AvgIpc) is 2.54. The van der Waals surface area contributed by atoms with E-state index in [1.165, 1.54) is 17.7 Å². The first-order valence-corrected chi connectivity index (χ1v) is 7.43. The lowest BCUT2D eigenvalue weighted by atomic mass is 10.1. The Morgan fingerprint density at radius 3 is 2.50 bits per heavy atom. The topological polar surface area (TPSA) is 40.5 Å². The molecule has 1 amide bonds. The molecule has 116 valence electrons. The molecule has 0 unspecified atom stereocenters. The van der Waals surface area contributed by atoms with Crippen LogP contribution in [0.25, 0.3) is 0 Å². The number of carbonyl (C=O) groups excluding carboxylic acids is 1. The minimum absolute atomic E-state index is 0.187. The average molecular weight is 301 g/mol. The van der Waals surface area contributed by atoms with Crippen LogP contribution in [0.1, 0.15) is 29.3 Å². The van der Waals surface area contributed by atoms with E-state index in [-0.39, 0.29) is 5.91 Å². The van der Waals surface area contributed by atoms with Gasteiger partial charge in [0.2, 0.25) is 0 Å². The van der Waals surface area contributed by atoms with Crippen LogP contribution in [0.3, 0.4) is 0 Å². The van der Waals surface area contributed by atoms with Crippen molar-refractivity contribution in [2.24, 2.45) is 0 Å². The van der Waals surface area contributed by atoms with Gasteiger partial charge in [-0.15, -0.1) is 0 Å². The SMILES string of the molecule is CCCN(CCc1ccccc1)C(=O)c1ccc(F)c(O)c1. The van der Waals surface area contributed by atoms with Gasteiger partial charge in [0.25, 0.3) is 5.91 Å². The van der Waals surface area contributed by atoms with Crippen LogP contribution in [-0.2, 0) is 6.42 Å². The summed E-state index contributed by atoms with van der Waals surface area (Å²) in [5.41, 5.74) is 1.47. The number of aromatic hydroxyl groups is 1. The van der Waals surface area contributed by atoms with Crippen molar-refractivity contribution in [3.05, 3.63) is 65.5 Å². The maximum atomic E-state index is 13.1. The van der Waals surface area contributed by atoms with Crippen molar-refractivity contribution in [2.45, 2.75) is 19.8 Å². The zero-order valence-electron chi connectivity index (χ0n) is 12.6. The van der Waals surface area contributed by atoms with Gasteiger partial charge in [0.15, 0.2) is 11.6 Å². The zero-order valence-corrected chi connectivity index (χ0v) is 12.6. The molecule has 1 N–H and O–H groups in total. The van der Waals surface area contributed by atoms with Gasteiger partial charge >= 0.3 is 0 Å². The predicted molar refractivity (Wildman–Crippen MR) is 84.4 cm³/mol. The Kier molecular flexibility index (Phi) is 5.53. The largest absolute Gasteiger partial charge is 0.505 e. The molecule has 0 heterocycles. The maximum absolute atomic E-state index is 13.1. The molecule has 2 rings (SSSR count). The Morgan fingerprint density at radius 1 is 1.14 bits per heavy atom. The van der Waals surface area contributed by atoms with Crippen LogP contribution in [0.2, 0.25) is 0 Å². The molecule has 0 bridgehead atoms. The van der Waals surface area contributed by atoms with Crippen LogP contribution in [0.15, 0.2) is 48.5 Å². The van der Waals surface area contributed by atoms with E-state index in [1.807, 2.05) is 37.3 Å². The Hall–Kier alpha value is -2.36. The van der Waals surface area contributed by atoms with Crippen molar-refractivity contribution in [1.82, 2.24) is 4.90 Å². The van der Waals surface area contributed by atoms with Crippen molar-refractivity contribution >= 4 is 5.91 Å². The number of phenols is 1. The first-order valence-electron chi connectivity index (χ1n) is 7.43. The van der Waals surface area contributed by atoms with Gasteiger partial charge in [0.05, 0.1) is 0 Å². The van der Waals surface area contributed by atoms with E-state index in [0.29, 0.717) is 18.7 Å². The van der Waals surface area contributed by atoms with E-state index in [9.17, 15) is 14.3 Å². The number of rotatable bonds is 6. The second kappa shape index (κ2) is 7.59. The molecular weight excluding hydrogens is 281 g/mol. The van der Waals surface area contributed by atoms with Gasteiger partial charge in [-0.3, -0.25) is 4.79 Å². The van der Waals surface area contributed by atoms with E-state index >= 15 is 0 Å². The third-order valence-electron chi connectivity index (χ3n) is 3.49. The highest BCUT2D eigenvalue weighted by Crippen LogP contribution is 2.18. The van der Waals surface area contributed by atoms with Gasteiger partial charge in [-0.25, -0.2) is 4.39 Å². The smallest absolute Gasteiger partial charge is 0.254 e. The number of benzene rings is 2. The highest BCUT2D eigenvalue weighted by Gasteiger charge is 2.16. The summed E-state index contributed by atoms with van der Waals surface area (Å²) in [6, 6.07) is 13.7. The molecule has 4 heteroatoms. The van der Waals surface area contributed by atoms with Crippen LogP contribution < -0.4 is 0 Å². The lowest BCUT2D eigenvalue weighted by Gasteiger charge is -2.22. The van der Waals surface area contributed by atoms with Crippen LogP contribution in [-0.4, -0.2) is 29.0 Å². The number of amides is 1. The number of hydrogen-bond acceptors (Lipinski definition) is 2. The van der Waals surface area contributed by atoms with E-state index in [4.69, 9.17) is 0 Å². The number of nitrogens with zero attached hydrogens (tertiary/aromatic N) is 1. The van der Waals surface area contributed by atoms with Crippen molar-refractivity contribution in [2.75, 3.05) is 13.1 Å². The highest BCUT2D eigenvalue weighted by atomic mass is 19.1. The summed E-state index contributed by atoms with van der Waals surface area (Å²) >= 11 is 0. The fourth-order valence-corrected chi connectivity index (χ4v) is 2.32. The highest BCUT2D eigenvalue weighted by molar-refractivity contribution is 5.94.